The van der Waals surface area contributed by atoms with Crippen LogP contribution in [-0.2, 0) is 14.1 Å². The van der Waals surface area contributed by atoms with Crippen molar-refractivity contribution in [1.82, 2.24) is 0 Å². The van der Waals surface area contributed by atoms with Crippen molar-refractivity contribution in [1.29, 1.82) is 0 Å². The zero-order valence-corrected chi connectivity index (χ0v) is 30.7. The van der Waals surface area contributed by atoms with Crippen molar-refractivity contribution in [3.05, 3.63) is 0 Å². The molecule has 5 nitrogen and oxygen atoms in total. The average Bonchev–Trinajstić information content (AvgIpc) is 2.95. The molecule has 0 saturated heterocycles. The normalized spacial score (nSPS) is 12.0. The Morgan fingerprint density at radius 3 is 0.930 bits per heavy atom. The Morgan fingerprint density at radius 1 is 0.488 bits per heavy atom. The lowest BCUT2D eigenvalue weighted by Gasteiger charge is -2.39. The van der Waals surface area contributed by atoms with Crippen LogP contribution in [0, 0.1) is 0 Å². The smallest absolute Gasteiger partial charge is 0.204 e. The minimum atomic E-state index is -1.37. The van der Waals surface area contributed by atoms with Crippen LogP contribution in [0.15, 0.2) is 0 Å². The van der Waals surface area contributed by atoms with Crippen LogP contribution >= 0.6 is 9.47 Å². The highest BCUT2D eigenvalue weighted by atomic mass is 31.0. The van der Waals surface area contributed by atoms with Gasteiger partial charge in [0.25, 0.3) is 0 Å². The Hall–Kier alpha value is -0.350. The standard InChI is InChI=1S/C37H74NO3P.H2O/c1-6-8-10-12-14-16-18-20-22-24-26-28-30-32-35(39)37(41-42,34-38(3,4)5)36(40)33-31-29-27-25-23-21-19-17-15-13-11-9-7-2;/h42H,6-34H2,1-5H3;1H2. The van der Waals surface area contributed by atoms with Crippen LogP contribution in [0.2, 0.25) is 0 Å². The monoisotopic (exact) mass is 630 g/mol. The van der Waals surface area contributed by atoms with Crippen LogP contribution in [-0.4, -0.2) is 54.8 Å². The van der Waals surface area contributed by atoms with Crippen molar-refractivity contribution in [2.24, 2.45) is 0 Å². The van der Waals surface area contributed by atoms with Crippen LogP contribution in [0.4, 0.5) is 0 Å². The molecule has 0 heterocycles. The Labute approximate surface area is 271 Å². The molecule has 0 aliphatic heterocycles. The van der Waals surface area contributed by atoms with Gasteiger partial charge in [0.1, 0.15) is 6.54 Å². The predicted molar refractivity (Wildman–Crippen MR) is 189 cm³/mol. The van der Waals surface area contributed by atoms with Gasteiger partial charge in [0.05, 0.1) is 21.1 Å². The van der Waals surface area contributed by atoms with E-state index in [0.717, 1.165) is 25.7 Å². The van der Waals surface area contributed by atoms with Gasteiger partial charge in [0.15, 0.2) is 11.6 Å². The van der Waals surface area contributed by atoms with E-state index in [1.165, 1.54) is 141 Å². The number of Topliss-reactive ketones (excluding diaryl/α,β-unsaturated/α-hetero) is 2. The third-order valence-electron chi connectivity index (χ3n) is 8.79. The maximum Gasteiger partial charge on any atom is 0.204 e. The van der Waals surface area contributed by atoms with Crippen molar-refractivity contribution in [2.75, 3.05) is 27.7 Å². The Bertz CT molecular complexity index is 593. The third kappa shape index (κ3) is 25.5. The van der Waals surface area contributed by atoms with Gasteiger partial charge in [-0.3, -0.25) is 9.59 Å². The second-order valence-electron chi connectivity index (χ2n) is 14.2. The van der Waals surface area contributed by atoms with E-state index in [1.807, 2.05) is 21.1 Å². The summed E-state index contributed by atoms with van der Waals surface area (Å²) in [6.45, 7) is 4.91. The van der Waals surface area contributed by atoms with Crippen molar-refractivity contribution < 1.29 is 24.1 Å². The van der Waals surface area contributed by atoms with Crippen LogP contribution < -0.4 is 0 Å². The molecule has 0 aromatic heterocycles. The Morgan fingerprint density at radius 2 is 0.721 bits per heavy atom. The molecule has 0 aromatic carbocycles. The van der Waals surface area contributed by atoms with Gasteiger partial charge >= 0.3 is 0 Å². The first kappa shape index (κ1) is 44.8. The van der Waals surface area contributed by atoms with Gasteiger partial charge in [-0.15, -0.1) is 0 Å². The summed E-state index contributed by atoms with van der Waals surface area (Å²) in [7, 11) is 9.27. The highest BCUT2D eigenvalue weighted by Gasteiger charge is 2.46. The van der Waals surface area contributed by atoms with Crippen LogP contribution in [0.1, 0.15) is 194 Å². The SMILES string of the molecule is CCCCCCCCCCCCCCCC(=O)C(C[N+](C)(C)C)(O[PH-])C(=O)CCCCCCCCCCCCCCC.O. The van der Waals surface area contributed by atoms with Crippen LogP contribution in [0.5, 0.6) is 0 Å². The molecule has 0 bridgehead atoms. The molecule has 0 radical (unpaired) electrons. The van der Waals surface area contributed by atoms with Gasteiger partial charge in [-0.2, -0.15) is 0 Å². The van der Waals surface area contributed by atoms with Crippen molar-refractivity contribution >= 4 is 21.0 Å². The molecule has 43 heavy (non-hydrogen) atoms. The molecule has 6 heteroatoms. The third-order valence-corrected chi connectivity index (χ3v) is 9.14. The van der Waals surface area contributed by atoms with Gasteiger partial charge in [-0.1, -0.05) is 168 Å². The first-order valence-electron chi connectivity index (χ1n) is 18.4. The van der Waals surface area contributed by atoms with Gasteiger partial charge in [0.2, 0.25) is 5.60 Å². The fraction of sp³-hybridized carbons (Fsp3) is 0.946. The molecule has 0 spiro atoms. The molecular weight excluding hydrogens is 553 g/mol. The number of nitrogens with zero attached hydrogens (tertiary/aromatic N) is 1. The van der Waals surface area contributed by atoms with Gasteiger partial charge in [-0.05, 0) is 12.8 Å². The Balaban J connectivity index is 0. The number of rotatable bonds is 33. The molecule has 0 atom stereocenters. The zero-order chi connectivity index (χ0) is 31.4. The maximum absolute atomic E-state index is 13.5. The van der Waals surface area contributed by atoms with E-state index >= 15 is 0 Å². The van der Waals surface area contributed by atoms with E-state index in [0.29, 0.717) is 23.9 Å². The lowest BCUT2D eigenvalue weighted by molar-refractivity contribution is -0.873. The summed E-state index contributed by atoms with van der Waals surface area (Å²) >= 11 is 0. The molecule has 258 valence electrons. The van der Waals surface area contributed by atoms with E-state index in [2.05, 4.69) is 23.3 Å². The van der Waals surface area contributed by atoms with Crippen LogP contribution in [0.25, 0.3) is 0 Å². The molecule has 0 unspecified atom stereocenters. The molecular formula is C37H76NO4P. The first-order valence-corrected chi connectivity index (χ1v) is 18.9. The second kappa shape index (κ2) is 30.3. The number of quaternary nitrogens is 1. The molecule has 0 aliphatic carbocycles. The summed E-state index contributed by atoms with van der Waals surface area (Å²) in [5, 5.41) is 0. The summed E-state index contributed by atoms with van der Waals surface area (Å²) in [5.74, 6) is -0.0957. The van der Waals surface area contributed by atoms with Crippen LogP contribution in [0.3, 0.4) is 0 Å². The average molecular weight is 630 g/mol. The summed E-state index contributed by atoms with van der Waals surface area (Å²) < 4.78 is 6.17. The minimum absolute atomic E-state index is 0. The Kier molecular flexibility index (Phi) is 31.6. The summed E-state index contributed by atoms with van der Waals surface area (Å²) in [6.07, 6.45) is 34.1. The van der Waals surface area contributed by atoms with Gasteiger partial charge in [0, 0.05) is 12.8 Å². The topological polar surface area (TPSA) is 74.9 Å². The number of carbonyl (C=O) groups excluding carboxylic acids is 2. The number of likely N-dealkylation sites (N-methyl/N-ethyl adjacent to an activating group) is 1. The molecule has 0 fully saturated rings. The number of carbonyl (C=O) groups is 2. The fourth-order valence-corrected chi connectivity index (χ4v) is 6.45. The number of hydrogen-bond acceptors (Lipinski definition) is 3. The zero-order valence-electron chi connectivity index (χ0n) is 29.7. The van der Waals surface area contributed by atoms with E-state index in [-0.39, 0.29) is 17.0 Å². The highest BCUT2D eigenvalue weighted by molar-refractivity contribution is 7.10. The van der Waals surface area contributed by atoms with E-state index < -0.39 is 5.60 Å². The highest BCUT2D eigenvalue weighted by Crippen LogP contribution is 2.27. The molecule has 2 N–H and O–H groups in total. The van der Waals surface area contributed by atoms with Crippen molar-refractivity contribution in [2.45, 2.75) is 199 Å². The van der Waals surface area contributed by atoms with Gasteiger partial charge in [-0.25, -0.2) is 0 Å². The van der Waals surface area contributed by atoms with Crippen molar-refractivity contribution in [3.8, 4) is 0 Å². The lowest BCUT2D eigenvalue weighted by Crippen LogP contribution is -2.58. The molecule has 0 rings (SSSR count). The first-order chi connectivity index (χ1) is 20.2. The predicted octanol–water partition coefficient (Wildman–Crippen LogP) is 10.8. The minimum Gasteiger partial charge on any atom is -0.541 e. The lowest BCUT2D eigenvalue weighted by atomic mass is 9.86. The van der Waals surface area contributed by atoms with Crippen molar-refractivity contribution in [3.63, 3.8) is 0 Å². The molecule has 0 amide bonds. The van der Waals surface area contributed by atoms with E-state index in [9.17, 15) is 9.59 Å². The molecule has 0 aliphatic rings. The molecule has 0 saturated carbocycles. The van der Waals surface area contributed by atoms with Gasteiger partial charge < -0.3 is 23.9 Å². The summed E-state index contributed by atoms with van der Waals surface area (Å²) in [4.78, 5) is 26.9. The fourth-order valence-electron chi connectivity index (χ4n) is 6.16. The summed E-state index contributed by atoms with van der Waals surface area (Å²) in [5.41, 5.74) is -1.37. The van der Waals surface area contributed by atoms with E-state index in [1.54, 1.807) is 0 Å². The number of ketones is 2. The second-order valence-corrected chi connectivity index (χ2v) is 14.4. The summed E-state index contributed by atoms with van der Waals surface area (Å²) in [6, 6.07) is 0. The van der Waals surface area contributed by atoms with E-state index in [4.69, 9.17) is 4.52 Å². The number of unbranched alkanes of at least 4 members (excludes halogenated alkanes) is 24. The largest absolute Gasteiger partial charge is 0.541 e. The molecule has 0 aromatic rings. The quantitative estimate of drug-likeness (QED) is 0.0314. The maximum atomic E-state index is 13.5. The number of hydrogen-bond donors (Lipinski definition) is 0.